The van der Waals surface area contributed by atoms with Crippen LogP contribution in [0.2, 0.25) is 0 Å². The van der Waals surface area contributed by atoms with Gasteiger partial charge in [-0.1, -0.05) is 6.92 Å². The van der Waals surface area contributed by atoms with Gasteiger partial charge in [0.05, 0.1) is 18.2 Å². The summed E-state index contributed by atoms with van der Waals surface area (Å²) >= 11 is 0. The number of sulfonamides is 1. The van der Waals surface area contributed by atoms with E-state index in [1.165, 1.54) is 6.07 Å². The Kier molecular flexibility index (Phi) is 4.78. The van der Waals surface area contributed by atoms with Crippen LogP contribution in [0.1, 0.15) is 18.9 Å². The van der Waals surface area contributed by atoms with E-state index in [4.69, 9.17) is 10.4 Å². The van der Waals surface area contributed by atoms with Gasteiger partial charge in [-0.15, -0.1) is 0 Å². The predicted molar refractivity (Wildman–Crippen MR) is 62.6 cm³/mol. The van der Waals surface area contributed by atoms with Crippen LogP contribution < -0.4 is 4.72 Å². The van der Waals surface area contributed by atoms with Gasteiger partial charge in [0.25, 0.3) is 0 Å². The average Bonchev–Trinajstić information content (AvgIpc) is 2.35. The quantitative estimate of drug-likeness (QED) is 0.827. The van der Waals surface area contributed by atoms with Crippen LogP contribution in [-0.2, 0) is 10.0 Å². The first kappa shape index (κ1) is 14.6. The number of halogens is 1. The highest BCUT2D eigenvalue weighted by atomic mass is 32.2. The molecule has 0 saturated heterocycles. The molecule has 2 N–H and O–H groups in total. The van der Waals surface area contributed by atoms with Crippen molar-refractivity contribution in [3.63, 3.8) is 0 Å². The zero-order chi connectivity index (χ0) is 13.8. The van der Waals surface area contributed by atoms with E-state index in [0.717, 1.165) is 12.1 Å². The summed E-state index contributed by atoms with van der Waals surface area (Å²) in [5, 5.41) is 17.5. The fraction of sp³-hybridized carbons (Fsp3) is 0.364. The fourth-order valence-corrected chi connectivity index (χ4v) is 2.69. The molecule has 0 spiro atoms. The molecule has 0 bridgehead atoms. The summed E-state index contributed by atoms with van der Waals surface area (Å²) in [6.45, 7) is 1.33. The van der Waals surface area contributed by atoms with Crippen LogP contribution in [-0.4, -0.2) is 26.2 Å². The average molecular weight is 272 g/mol. The van der Waals surface area contributed by atoms with Gasteiger partial charge in [-0.25, -0.2) is 17.5 Å². The van der Waals surface area contributed by atoms with Gasteiger partial charge in [0.1, 0.15) is 10.7 Å². The third kappa shape index (κ3) is 3.26. The molecule has 5 nitrogen and oxygen atoms in total. The number of hydrogen-bond acceptors (Lipinski definition) is 4. The van der Waals surface area contributed by atoms with Gasteiger partial charge in [-0.3, -0.25) is 0 Å². The molecular formula is C11H13FN2O3S. The van der Waals surface area contributed by atoms with Crippen LogP contribution in [0.3, 0.4) is 0 Å². The van der Waals surface area contributed by atoms with Gasteiger partial charge in [0.2, 0.25) is 10.0 Å². The Morgan fingerprint density at radius 1 is 1.56 bits per heavy atom. The number of hydrogen-bond donors (Lipinski definition) is 2. The van der Waals surface area contributed by atoms with Crippen molar-refractivity contribution in [2.75, 3.05) is 6.61 Å². The highest BCUT2D eigenvalue weighted by molar-refractivity contribution is 7.89. The van der Waals surface area contributed by atoms with E-state index in [0.29, 0.717) is 6.42 Å². The van der Waals surface area contributed by atoms with E-state index >= 15 is 0 Å². The minimum Gasteiger partial charge on any atom is -0.395 e. The summed E-state index contributed by atoms with van der Waals surface area (Å²) in [4.78, 5) is -0.534. The number of aliphatic hydroxyl groups is 1. The van der Waals surface area contributed by atoms with Crippen LogP contribution in [0.5, 0.6) is 0 Å². The van der Waals surface area contributed by atoms with E-state index in [-0.39, 0.29) is 12.2 Å². The Morgan fingerprint density at radius 3 is 2.67 bits per heavy atom. The van der Waals surface area contributed by atoms with E-state index in [1.807, 2.05) is 0 Å². The van der Waals surface area contributed by atoms with Crippen LogP contribution in [0.4, 0.5) is 4.39 Å². The normalized spacial score (nSPS) is 13.0. The fourth-order valence-electron chi connectivity index (χ4n) is 1.32. The summed E-state index contributed by atoms with van der Waals surface area (Å²) in [5.74, 6) is -0.991. The van der Waals surface area contributed by atoms with Crippen LogP contribution in [0, 0.1) is 17.1 Å². The van der Waals surface area contributed by atoms with Crippen LogP contribution >= 0.6 is 0 Å². The van der Waals surface area contributed by atoms with E-state index in [2.05, 4.69) is 4.72 Å². The first-order chi connectivity index (χ1) is 8.44. The lowest BCUT2D eigenvalue weighted by Gasteiger charge is -2.14. The molecule has 0 aliphatic heterocycles. The SMILES string of the molecule is CCC(CO)NS(=O)(=O)c1ccc(C#N)cc1F. The lowest BCUT2D eigenvalue weighted by molar-refractivity contribution is 0.253. The summed E-state index contributed by atoms with van der Waals surface area (Å²) in [6, 6.07) is 4.16. The summed E-state index contributed by atoms with van der Waals surface area (Å²) in [5.41, 5.74) is 0.0423. The van der Waals surface area contributed by atoms with Crippen molar-refractivity contribution in [1.82, 2.24) is 4.72 Å². The molecule has 0 fully saturated rings. The molecule has 1 aromatic rings. The smallest absolute Gasteiger partial charge is 0.243 e. The van der Waals surface area contributed by atoms with Crippen molar-refractivity contribution in [3.05, 3.63) is 29.6 Å². The molecule has 98 valence electrons. The molecule has 0 aromatic heterocycles. The second-order valence-electron chi connectivity index (χ2n) is 3.67. The van der Waals surface area contributed by atoms with Crippen molar-refractivity contribution in [2.24, 2.45) is 0 Å². The van der Waals surface area contributed by atoms with Gasteiger partial charge in [-0.05, 0) is 24.6 Å². The zero-order valence-electron chi connectivity index (χ0n) is 9.72. The zero-order valence-corrected chi connectivity index (χ0v) is 10.5. The number of benzene rings is 1. The maximum Gasteiger partial charge on any atom is 0.243 e. The van der Waals surface area contributed by atoms with Crippen molar-refractivity contribution in [1.29, 1.82) is 5.26 Å². The second-order valence-corrected chi connectivity index (χ2v) is 5.35. The van der Waals surface area contributed by atoms with Crippen LogP contribution in [0.25, 0.3) is 0 Å². The minimum atomic E-state index is -4.03. The monoisotopic (exact) mass is 272 g/mol. The van der Waals surface area contributed by atoms with Gasteiger partial charge in [-0.2, -0.15) is 5.26 Å². The number of nitrogens with one attached hydrogen (secondary N) is 1. The second kappa shape index (κ2) is 5.91. The Balaban J connectivity index is 3.10. The maximum absolute atomic E-state index is 13.6. The summed E-state index contributed by atoms with van der Waals surface area (Å²) in [6.07, 6.45) is 0.383. The Bertz CT molecular complexity index is 562. The third-order valence-corrected chi connectivity index (χ3v) is 3.94. The highest BCUT2D eigenvalue weighted by Crippen LogP contribution is 2.16. The molecule has 0 saturated carbocycles. The van der Waals surface area contributed by atoms with Gasteiger partial charge in [0, 0.05) is 6.04 Å². The molecule has 0 radical (unpaired) electrons. The van der Waals surface area contributed by atoms with Gasteiger partial charge >= 0.3 is 0 Å². The van der Waals surface area contributed by atoms with E-state index in [9.17, 15) is 12.8 Å². The topological polar surface area (TPSA) is 90.2 Å². The number of nitrogens with zero attached hydrogens (tertiary/aromatic N) is 1. The van der Waals surface area contributed by atoms with Crippen molar-refractivity contribution < 1.29 is 17.9 Å². The first-order valence-corrected chi connectivity index (χ1v) is 6.75. The maximum atomic E-state index is 13.6. The lowest BCUT2D eigenvalue weighted by Crippen LogP contribution is -2.37. The predicted octanol–water partition coefficient (Wildman–Crippen LogP) is 0.747. The molecule has 0 aliphatic rings. The molecule has 1 aromatic carbocycles. The molecule has 1 atom stereocenters. The summed E-state index contributed by atoms with van der Waals surface area (Å²) in [7, 11) is -4.03. The number of aliphatic hydroxyl groups excluding tert-OH is 1. The standard InChI is InChI=1S/C11H13FN2O3S/c1-2-9(7-15)14-18(16,17)11-4-3-8(6-13)5-10(11)12/h3-5,9,14-15H,2,7H2,1H3. The van der Waals surface area contributed by atoms with Crippen molar-refractivity contribution >= 4 is 10.0 Å². The van der Waals surface area contributed by atoms with Gasteiger partial charge in [0.15, 0.2) is 0 Å². The number of nitriles is 1. The Labute approximate surface area is 105 Å². The highest BCUT2D eigenvalue weighted by Gasteiger charge is 2.22. The molecule has 0 aliphatic carbocycles. The van der Waals surface area contributed by atoms with E-state index < -0.39 is 26.8 Å². The Hall–Kier alpha value is -1.49. The minimum absolute atomic E-state index is 0.0423. The molecule has 0 amide bonds. The Morgan fingerprint density at radius 2 is 2.22 bits per heavy atom. The summed E-state index contributed by atoms with van der Waals surface area (Å²) < 4.78 is 39.4. The molecular weight excluding hydrogens is 259 g/mol. The van der Waals surface area contributed by atoms with Crippen LogP contribution in [0.15, 0.2) is 23.1 Å². The van der Waals surface area contributed by atoms with Gasteiger partial charge < -0.3 is 5.11 Å². The van der Waals surface area contributed by atoms with Crippen molar-refractivity contribution in [2.45, 2.75) is 24.3 Å². The number of rotatable bonds is 5. The lowest BCUT2D eigenvalue weighted by atomic mass is 10.2. The molecule has 7 heteroatoms. The largest absolute Gasteiger partial charge is 0.395 e. The molecule has 1 rings (SSSR count). The molecule has 0 heterocycles. The molecule has 1 unspecified atom stereocenters. The molecule has 18 heavy (non-hydrogen) atoms. The third-order valence-electron chi connectivity index (χ3n) is 2.39. The first-order valence-electron chi connectivity index (χ1n) is 5.27. The van der Waals surface area contributed by atoms with Crippen molar-refractivity contribution in [3.8, 4) is 6.07 Å². The van der Waals surface area contributed by atoms with E-state index in [1.54, 1.807) is 13.0 Å².